The van der Waals surface area contributed by atoms with Crippen LogP contribution >= 0.6 is 23.5 Å². The molecular weight excluding hydrogens is 348 g/mol. The molecule has 25 heavy (non-hydrogen) atoms. The third-order valence-electron chi connectivity index (χ3n) is 8.33. The van der Waals surface area contributed by atoms with Crippen molar-refractivity contribution in [2.75, 3.05) is 12.5 Å². The molecule has 2 nitrogen and oxygen atoms in total. The highest BCUT2D eigenvalue weighted by molar-refractivity contribution is 7.99. The minimum atomic E-state index is -0.0773. The Morgan fingerprint density at radius 2 is 1.80 bits per heavy atom. The van der Waals surface area contributed by atoms with Crippen LogP contribution in [-0.2, 0) is 9.59 Å². The number of allylic oxidation sites excluding steroid dienone is 1. The van der Waals surface area contributed by atoms with E-state index in [1.165, 1.54) is 5.57 Å². The lowest BCUT2D eigenvalue weighted by Crippen LogP contribution is -2.57. The molecule has 3 fully saturated rings. The molecule has 0 saturated heterocycles. The van der Waals surface area contributed by atoms with Gasteiger partial charge in [0.25, 0.3) is 0 Å². The third kappa shape index (κ3) is 2.38. The lowest BCUT2D eigenvalue weighted by molar-refractivity contribution is -0.132. The number of carbonyl (C=O) groups excluding carboxylic acids is 2. The van der Waals surface area contributed by atoms with Gasteiger partial charge < -0.3 is 0 Å². The fourth-order valence-corrected chi connectivity index (χ4v) is 9.06. The summed E-state index contributed by atoms with van der Waals surface area (Å²) >= 11 is 3.86. The summed E-state index contributed by atoms with van der Waals surface area (Å²) in [7, 11) is 0. The Labute approximate surface area is 160 Å². The van der Waals surface area contributed by atoms with Crippen molar-refractivity contribution < 1.29 is 9.59 Å². The van der Waals surface area contributed by atoms with E-state index in [9.17, 15) is 9.59 Å². The molecule has 0 radical (unpaired) electrons. The second-order valence-electron chi connectivity index (χ2n) is 9.03. The molecule has 0 heterocycles. The number of ketones is 2. The van der Waals surface area contributed by atoms with Crippen LogP contribution in [0.4, 0.5) is 0 Å². The molecule has 0 N–H and O–H groups in total. The van der Waals surface area contributed by atoms with E-state index in [4.69, 9.17) is 0 Å². The maximum absolute atomic E-state index is 12.7. The summed E-state index contributed by atoms with van der Waals surface area (Å²) in [5, 5.41) is 0.963. The van der Waals surface area contributed by atoms with Crippen LogP contribution in [-0.4, -0.2) is 34.6 Å². The van der Waals surface area contributed by atoms with Gasteiger partial charge in [0.15, 0.2) is 5.78 Å². The van der Waals surface area contributed by atoms with Gasteiger partial charge in [-0.05, 0) is 62.0 Å². The maximum Gasteiger partial charge on any atom is 0.156 e. The average molecular weight is 379 g/mol. The zero-order chi connectivity index (χ0) is 18.0. The standard InChI is InChI=1S/C21H30O2S2/c1-20-8-7-15-19(14(20)5-6-17(20)23)16(24-3)10-12-9-13(22)11-18(25-4)21(12,15)2/h9,14-16,18-19H,5-8,10-11H2,1-4H3/t14-,15-,16+,18-,19-,20-,21-/m0/s1. The lowest BCUT2D eigenvalue weighted by atomic mass is 9.47. The topological polar surface area (TPSA) is 34.1 Å². The van der Waals surface area contributed by atoms with E-state index in [0.29, 0.717) is 46.2 Å². The van der Waals surface area contributed by atoms with Crippen LogP contribution in [0.15, 0.2) is 11.6 Å². The molecule has 0 aromatic heterocycles. The van der Waals surface area contributed by atoms with Gasteiger partial charge in [0.05, 0.1) is 0 Å². The van der Waals surface area contributed by atoms with Crippen LogP contribution in [0.3, 0.4) is 0 Å². The summed E-state index contributed by atoms with van der Waals surface area (Å²) in [6, 6.07) is 0. The largest absolute Gasteiger partial charge is 0.299 e. The van der Waals surface area contributed by atoms with E-state index in [1.807, 2.05) is 29.6 Å². The van der Waals surface area contributed by atoms with E-state index in [-0.39, 0.29) is 10.8 Å². The van der Waals surface area contributed by atoms with Gasteiger partial charge in [0.1, 0.15) is 5.78 Å². The number of carbonyl (C=O) groups is 2. The van der Waals surface area contributed by atoms with Crippen LogP contribution in [0.2, 0.25) is 0 Å². The normalized spacial score (nSPS) is 49.3. The van der Waals surface area contributed by atoms with Crippen LogP contribution in [0.5, 0.6) is 0 Å². The summed E-state index contributed by atoms with van der Waals surface area (Å²) in [6.07, 6.45) is 12.2. The van der Waals surface area contributed by atoms with Crippen LogP contribution in [0.1, 0.15) is 52.4 Å². The van der Waals surface area contributed by atoms with Crippen molar-refractivity contribution in [3.8, 4) is 0 Å². The number of hydrogen-bond acceptors (Lipinski definition) is 4. The predicted molar refractivity (Wildman–Crippen MR) is 107 cm³/mol. The Balaban J connectivity index is 1.80. The maximum atomic E-state index is 12.7. The van der Waals surface area contributed by atoms with E-state index in [1.54, 1.807) is 0 Å². The molecule has 4 rings (SSSR count). The third-order valence-corrected chi connectivity index (χ3v) is 10.6. The van der Waals surface area contributed by atoms with Crippen LogP contribution < -0.4 is 0 Å². The Hall–Kier alpha value is -0.220. The highest BCUT2D eigenvalue weighted by atomic mass is 32.2. The molecule has 7 atom stereocenters. The first-order valence-corrected chi connectivity index (χ1v) is 12.3. The Bertz CT molecular complexity index is 642. The fourth-order valence-electron chi connectivity index (χ4n) is 6.87. The van der Waals surface area contributed by atoms with Gasteiger partial charge in [-0.1, -0.05) is 19.4 Å². The number of fused-ring (bicyclic) bond motifs is 5. The van der Waals surface area contributed by atoms with E-state index < -0.39 is 0 Å². The van der Waals surface area contributed by atoms with Gasteiger partial charge in [-0.2, -0.15) is 23.5 Å². The number of Topliss-reactive ketones (excluding diaryl/α,β-unsaturated/α-hetero) is 1. The van der Waals surface area contributed by atoms with Gasteiger partial charge in [0.2, 0.25) is 0 Å². The van der Waals surface area contributed by atoms with Crippen molar-refractivity contribution in [3.63, 3.8) is 0 Å². The summed E-state index contributed by atoms with van der Waals surface area (Å²) < 4.78 is 0. The van der Waals surface area contributed by atoms with Gasteiger partial charge in [-0.15, -0.1) is 0 Å². The molecule has 0 unspecified atom stereocenters. The van der Waals surface area contributed by atoms with Gasteiger partial charge >= 0.3 is 0 Å². The SMILES string of the molecule is CS[C@H]1CC(=O)C=C2C[C@@H](SC)[C@@H]3[C@H](CC[C@]4(C)C(=O)CC[C@@H]34)[C@]21C. The number of hydrogen-bond donors (Lipinski definition) is 0. The first kappa shape index (κ1) is 18.2. The van der Waals surface area contributed by atoms with Gasteiger partial charge in [-0.3, -0.25) is 9.59 Å². The second kappa shape index (κ2) is 6.15. The van der Waals surface area contributed by atoms with Crippen LogP contribution in [0.25, 0.3) is 0 Å². The molecule has 4 heteroatoms. The molecule has 0 spiro atoms. The van der Waals surface area contributed by atoms with Crippen molar-refractivity contribution in [1.82, 2.24) is 0 Å². The Kier molecular flexibility index (Phi) is 4.47. The quantitative estimate of drug-likeness (QED) is 0.693. The second-order valence-corrected chi connectivity index (χ2v) is 11.2. The van der Waals surface area contributed by atoms with E-state index >= 15 is 0 Å². The van der Waals surface area contributed by atoms with Crippen LogP contribution in [0, 0.1) is 28.6 Å². The van der Waals surface area contributed by atoms with E-state index in [0.717, 1.165) is 32.1 Å². The summed E-state index contributed by atoms with van der Waals surface area (Å²) in [5.41, 5.74) is 1.47. The van der Waals surface area contributed by atoms with Crippen molar-refractivity contribution in [2.45, 2.75) is 62.9 Å². The summed E-state index contributed by atoms with van der Waals surface area (Å²) in [4.78, 5) is 25.0. The Morgan fingerprint density at radius 3 is 2.48 bits per heavy atom. The molecule has 4 aliphatic carbocycles. The van der Waals surface area contributed by atoms with Gasteiger partial charge in [0, 0.05) is 34.2 Å². The predicted octanol–water partition coefficient (Wildman–Crippen LogP) is 4.77. The monoisotopic (exact) mass is 378 g/mol. The first-order chi connectivity index (χ1) is 11.9. The molecule has 138 valence electrons. The molecule has 4 aliphatic rings. The number of thioether (sulfide) groups is 2. The minimum Gasteiger partial charge on any atom is -0.299 e. The zero-order valence-corrected chi connectivity index (χ0v) is 17.5. The highest BCUT2D eigenvalue weighted by Crippen LogP contribution is 2.66. The minimum absolute atomic E-state index is 0.0773. The molecular formula is C21H30O2S2. The molecule has 0 aromatic rings. The van der Waals surface area contributed by atoms with E-state index in [2.05, 4.69) is 26.4 Å². The molecule has 0 amide bonds. The van der Waals surface area contributed by atoms with Gasteiger partial charge in [-0.25, -0.2) is 0 Å². The zero-order valence-electron chi connectivity index (χ0n) is 15.8. The van der Waals surface area contributed by atoms with Crippen molar-refractivity contribution in [2.24, 2.45) is 28.6 Å². The Morgan fingerprint density at radius 1 is 1.04 bits per heavy atom. The van der Waals surface area contributed by atoms with Crippen molar-refractivity contribution in [1.29, 1.82) is 0 Å². The molecule has 0 bridgehead atoms. The fraction of sp³-hybridized carbons (Fsp3) is 0.810. The number of rotatable bonds is 2. The smallest absolute Gasteiger partial charge is 0.156 e. The molecule has 0 aromatic carbocycles. The lowest BCUT2D eigenvalue weighted by Gasteiger charge is -2.61. The molecule has 0 aliphatic heterocycles. The van der Waals surface area contributed by atoms with Crippen molar-refractivity contribution in [3.05, 3.63) is 11.6 Å². The highest BCUT2D eigenvalue weighted by Gasteiger charge is 2.63. The summed E-state index contributed by atoms with van der Waals surface area (Å²) in [5.74, 6) is 2.64. The van der Waals surface area contributed by atoms with Crippen molar-refractivity contribution >= 4 is 35.1 Å². The molecule has 3 saturated carbocycles. The average Bonchev–Trinajstić information content (AvgIpc) is 2.89. The first-order valence-electron chi connectivity index (χ1n) is 9.69. The summed E-state index contributed by atoms with van der Waals surface area (Å²) in [6.45, 7) is 4.70.